The van der Waals surface area contributed by atoms with Gasteiger partial charge in [0.2, 0.25) is 0 Å². The van der Waals surface area contributed by atoms with E-state index in [1.807, 2.05) is 30.5 Å². The Morgan fingerprint density at radius 1 is 1.14 bits per heavy atom. The molecule has 2 aromatic carbocycles. The van der Waals surface area contributed by atoms with Crippen molar-refractivity contribution >= 4 is 10.9 Å². The van der Waals surface area contributed by atoms with Crippen molar-refractivity contribution in [3.05, 3.63) is 89.9 Å². The Balaban J connectivity index is 1.61. The van der Waals surface area contributed by atoms with E-state index in [4.69, 9.17) is 4.74 Å². The molecule has 3 fully saturated rings. The van der Waals surface area contributed by atoms with Crippen molar-refractivity contribution in [2.24, 2.45) is 11.8 Å². The minimum Gasteiger partial charge on any atom is -0.363 e. The average Bonchev–Trinajstić information content (AvgIpc) is 2.89. The minimum absolute atomic E-state index is 0.0508. The zero-order valence-electron chi connectivity index (χ0n) is 20.1. The Hall–Kier alpha value is -2.70. The molecule has 3 aromatic rings. The van der Waals surface area contributed by atoms with Crippen LogP contribution in [0.4, 0.5) is 13.2 Å². The fourth-order valence-corrected chi connectivity index (χ4v) is 6.62. The van der Waals surface area contributed by atoms with Crippen LogP contribution in [-0.4, -0.2) is 35.2 Å². The number of hydrogen-bond donors (Lipinski definition) is 0. The number of fused-ring (bicyclic) bond motifs is 4. The van der Waals surface area contributed by atoms with Gasteiger partial charge >= 0.3 is 0 Å². The molecule has 2 bridgehead atoms. The topological polar surface area (TPSA) is 22.1 Å². The first-order chi connectivity index (χ1) is 17.0. The fraction of sp³-hybridized carbons (Fsp3) is 0.414. The number of hydrogen-bond acceptors (Lipinski definition) is 2. The number of pyridine rings is 1. The third-order valence-corrected chi connectivity index (χ3v) is 8.31. The SMILES string of the molecule is C=CCO[C@H](c1ccnc2ccccc12)[C@@H]1C[C@H]2CC[N@+]1(Cc1ccc(F)c(F)c1F)C[C@H]2CC. The summed E-state index contributed by atoms with van der Waals surface area (Å²) in [6.07, 6.45) is 6.35. The van der Waals surface area contributed by atoms with Gasteiger partial charge in [-0.15, -0.1) is 6.58 Å². The van der Waals surface area contributed by atoms with Crippen LogP contribution in [0, 0.1) is 29.3 Å². The van der Waals surface area contributed by atoms with Crippen LogP contribution in [0.1, 0.15) is 43.4 Å². The Labute approximate surface area is 204 Å². The number of para-hydroxylation sites is 1. The number of rotatable bonds is 8. The number of nitrogens with zero attached hydrogens (tertiary/aromatic N) is 2. The molecule has 0 radical (unpaired) electrons. The first-order valence-electron chi connectivity index (χ1n) is 12.5. The minimum atomic E-state index is -1.39. The second-order valence-corrected chi connectivity index (χ2v) is 10.1. The highest BCUT2D eigenvalue weighted by Gasteiger charge is 2.55. The second kappa shape index (κ2) is 9.75. The maximum absolute atomic E-state index is 14.9. The van der Waals surface area contributed by atoms with Gasteiger partial charge in [-0.2, -0.15) is 0 Å². The standard InChI is InChI=1S/C29H32F3N2O/c1-3-15-35-29(23-11-13-33-25-8-6-5-7-22(23)25)26-16-20-12-14-34(26,17-19(20)4-2)18-21-9-10-24(30)28(32)27(21)31/h3,5-11,13,19-20,26,29H,1,4,12,14-18H2,2H3/q+1/t19-,20-,26+,29-,34-/m1/s1. The molecular weight excluding hydrogens is 449 g/mol. The van der Waals surface area contributed by atoms with Crippen LogP contribution in [0.15, 0.2) is 61.3 Å². The summed E-state index contributed by atoms with van der Waals surface area (Å²) < 4.78 is 49.9. The number of piperidine rings is 3. The van der Waals surface area contributed by atoms with E-state index >= 15 is 0 Å². The number of ether oxygens (including phenoxy) is 1. The lowest BCUT2D eigenvalue weighted by Gasteiger charge is -2.59. The van der Waals surface area contributed by atoms with Gasteiger partial charge in [0.05, 0.1) is 25.2 Å². The molecule has 0 saturated carbocycles. The summed E-state index contributed by atoms with van der Waals surface area (Å²) in [5.41, 5.74) is 2.19. The first kappa shape index (κ1) is 24.0. The van der Waals surface area contributed by atoms with Crippen LogP contribution in [0.5, 0.6) is 0 Å². The molecule has 6 heteroatoms. The Morgan fingerprint density at radius 2 is 1.97 bits per heavy atom. The summed E-state index contributed by atoms with van der Waals surface area (Å²) in [5.74, 6) is -2.53. The summed E-state index contributed by atoms with van der Waals surface area (Å²) in [6.45, 7) is 8.50. The summed E-state index contributed by atoms with van der Waals surface area (Å²) >= 11 is 0. The zero-order chi connectivity index (χ0) is 24.6. The number of aromatic nitrogens is 1. The number of quaternary nitrogens is 1. The van der Waals surface area contributed by atoms with E-state index in [-0.39, 0.29) is 17.7 Å². The molecule has 35 heavy (non-hydrogen) atoms. The van der Waals surface area contributed by atoms with Gasteiger partial charge in [-0.3, -0.25) is 4.98 Å². The molecule has 184 valence electrons. The molecule has 6 rings (SSSR count). The molecule has 3 aliphatic heterocycles. The highest BCUT2D eigenvalue weighted by molar-refractivity contribution is 5.82. The van der Waals surface area contributed by atoms with E-state index in [0.29, 0.717) is 29.5 Å². The smallest absolute Gasteiger partial charge is 0.194 e. The summed E-state index contributed by atoms with van der Waals surface area (Å²) in [7, 11) is 0. The van der Waals surface area contributed by atoms with Crippen molar-refractivity contribution in [3.63, 3.8) is 0 Å². The number of halogens is 3. The molecular formula is C29H32F3N2O+. The van der Waals surface area contributed by atoms with Crippen LogP contribution >= 0.6 is 0 Å². The highest BCUT2D eigenvalue weighted by atomic mass is 19.2. The van der Waals surface area contributed by atoms with Gasteiger partial charge in [-0.1, -0.05) is 31.2 Å². The van der Waals surface area contributed by atoms with Crippen LogP contribution < -0.4 is 0 Å². The van der Waals surface area contributed by atoms with E-state index in [0.717, 1.165) is 54.9 Å². The van der Waals surface area contributed by atoms with E-state index in [1.165, 1.54) is 6.07 Å². The van der Waals surface area contributed by atoms with E-state index in [9.17, 15) is 13.2 Å². The molecule has 3 nitrogen and oxygen atoms in total. The predicted molar refractivity (Wildman–Crippen MR) is 131 cm³/mol. The van der Waals surface area contributed by atoms with Gasteiger partial charge in [-0.25, -0.2) is 13.2 Å². The largest absolute Gasteiger partial charge is 0.363 e. The van der Waals surface area contributed by atoms with Crippen LogP contribution in [-0.2, 0) is 11.3 Å². The second-order valence-electron chi connectivity index (χ2n) is 10.1. The van der Waals surface area contributed by atoms with Crippen molar-refractivity contribution in [1.82, 2.24) is 4.98 Å². The molecule has 0 amide bonds. The van der Waals surface area contributed by atoms with E-state index < -0.39 is 17.5 Å². The van der Waals surface area contributed by atoms with Gasteiger partial charge in [0.15, 0.2) is 17.5 Å². The monoisotopic (exact) mass is 481 g/mol. The lowest BCUT2D eigenvalue weighted by Crippen LogP contribution is -2.68. The maximum Gasteiger partial charge on any atom is 0.194 e. The van der Waals surface area contributed by atoms with Crippen molar-refractivity contribution in [2.45, 2.75) is 44.9 Å². The van der Waals surface area contributed by atoms with Crippen LogP contribution in [0.25, 0.3) is 10.9 Å². The third-order valence-electron chi connectivity index (χ3n) is 8.31. The Bertz CT molecular complexity index is 1230. The molecule has 5 atom stereocenters. The Kier molecular flexibility index (Phi) is 6.69. The average molecular weight is 482 g/mol. The van der Waals surface area contributed by atoms with Gasteiger partial charge < -0.3 is 9.22 Å². The van der Waals surface area contributed by atoms with Gasteiger partial charge in [-0.05, 0) is 42.2 Å². The van der Waals surface area contributed by atoms with Crippen LogP contribution in [0.2, 0.25) is 0 Å². The summed E-state index contributed by atoms with van der Waals surface area (Å²) in [4.78, 5) is 4.53. The molecule has 3 aliphatic rings. The van der Waals surface area contributed by atoms with Crippen molar-refractivity contribution in [1.29, 1.82) is 0 Å². The molecule has 0 unspecified atom stereocenters. The fourth-order valence-electron chi connectivity index (χ4n) is 6.62. The first-order valence-corrected chi connectivity index (χ1v) is 12.5. The quantitative estimate of drug-likeness (QED) is 0.202. The van der Waals surface area contributed by atoms with E-state index in [1.54, 1.807) is 6.08 Å². The lowest BCUT2D eigenvalue weighted by atomic mass is 9.70. The zero-order valence-corrected chi connectivity index (χ0v) is 20.1. The van der Waals surface area contributed by atoms with Gasteiger partial charge in [0.1, 0.15) is 18.7 Å². The molecule has 0 aliphatic carbocycles. The van der Waals surface area contributed by atoms with Crippen LogP contribution in [0.3, 0.4) is 0 Å². The van der Waals surface area contributed by atoms with Gasteiger partial charge in [0, 0.05) is 35.9 Å². The van der Waals surface area contributed by atoms with Crippen molar-refractivity contribution < 1.29 is 22.4 Å². The van der Waals surface area contributed by atoms with E-state index in [2.05, 4.69) is 24.6 Å². The molecule has 0 N–H and O–H groups in total. The predicted octanol–water partition coefficient (Wildman–Crippen LogP) is 6.73. The maximum atomic E-state index is 14.9. The van der Waals surface area contributed by atoms with Crippen molar-refractivity contribution in [2.75, 3.05) is 19.7 Å². The lowest BCUT2D eigenvalue weighted by molar-refractivity contribution is -0.986. The molecule has 3 saturated heterocycles. The summed E-state index contributed by atoms with van der Waals surface area (Å²) in [6, 6.07) is 12.5. The molecule has 4 heterocycles. The van der Waals surface area contributed by atoms with Crippen molar-refractivity contribution in [3.8, 4) is 0 Å². The third kappa shape index (κ3) is 4.27. The highest BCUT2D eigenvalue weighted by Crippen LogP contribution is 2.49. The normalized spacial score (nSPS) is 26.7. The number of benzene rings is 2. The Morgan fingerprint density at radius 3 is 2.77 bits per heavy atom. The van der Waals surface area contributed by atoms with Gasteiger partial charge in [0.25, 0.3) is 0 Å². The molecule has 0 spiro atoms. The molecule has 1 aromatic heterocycles. The summed E-state index contributed by atoms with van der Waals surface area (Å²) in [5, 5.41) is 1.04.